The average molecular weight is 264 g/mol. The summed E-state index contributed by atoms with van der Waals surface area (Å²) in [5, 5.41) is 9.49. The highest BCUT2D eigenvalue weighted by Gasteiger charge is 2.09. The van der Waals surface area contributed by atoms with Crippen molar-refractivity contribution in [2.45, 2.75) is 13.3 Å². The minimum atomic E-state index is 0.564. The normalized spacial score (nSPS) is 10.2. The van der Waals surface area contributed by atoms with Gasteiger partial charge < -0.3 is 4.98 Å². The number of hydrogen-bond acceptors (Lipinski definition) is 2. The van der Waals surface area contributed by atoms with E-state index in [1.807, 2.05) is 17.7 Å². The third kappa shape index (κ3) is 2.12. The number of nitrogens with one attached hydrogen (secondary N) is 1. The lowest BCUT2D eigenvalue weighted by Gasteiger charge is -2.09. The molecule has 0 aliphatic rings. The van der Waals surface area contributed by atoms with E-state index in [1.165, 1.54) is 0 Å². The lowest BCUT2D eigenvalue weighted by Crippen LogP contribution is -2.00. The zero-order valence-corrected chi connectivity index (χ0v) is 10.8. The summed E-state index contributed by atoms with van der Waals surface area (Å²) < 4.78 is 2.44. The molecule has 0 aliphatic carbocycles. The van der Waals surface area contributed by atoms with Gasteiger partial charge in [-0.05, 0) is 36.8 Å². The van der Waals surface area contributed by atoms with Gasteiger partial charge >= 0.3 is 0 Å². The van der Waals surface area contributed by atoms with E-state index >= 15 is 0 Å². The maximum atomic E-state index is 8.91. The molecule has 0 unspecified atom stereocenters. The Morgan fingerprint density at radius 3 is 2.94 bits per heavy atom. The summed E-state index contributed by atoms with van der Waals surface area (Å²) in [5.41, 5.74) is 2.34. The topological polar surface area (TPSA) is 44.5 Å². The van der Waals surface area contributed by atoms with Crippen molar-refractivity contribution in [3.8, 4) is 11.8 Å². The molecule has 1 heterocycles. The van der Waals surface area contributed by atoms with Crippen LogP contribution in [0, 0.1) is 16.1 Å². The van der Waals surface area contributed by atoms with Crippen molar-refractivity contribution in [3.05, 3.63) is 45.4 Å². The zero-order chi connectivity index (χ0) is 12.4. The van der Waals surface area contributed by atoms with Gasteiger partial charge in [-0.25, -0.2) is 0 Å². The van der Waals surface area contributed by atoms with Crippen LogP contribution in [0.25, 0.3) is 5.69 Å². The first kappa shape index (κ1) is 11.9. The first-order valence-corrected chi connectivity index (χ1v) is 5.95. The van der Waals surface area contributed by atoms with Gasteiger partial charge in [-0.3, -0.25) is 4.57 Å². The molecule has 0 saturated heterocycles. The van der Waals surface area contributed by atoms with Crippen molar-refractivity contribution in [3.63, 3.8) is 0 Å². The summed E-state index contributed by atoms with van der Waals surface area (Å²) in [7, 11) is 0. The Bertz CT molecular complexity index is 649. The summed E-state index contributed by atoms with van der Waals surface area (Å²) in [6.07, 6.45) is 2.69. The molecule has 0 fully saturated rings. The molecule has 1 N–H and O–H groups in total. The summed E-state index contributed by atoms with van der Waals surface area (Å²) in [6, 6.07) is 7.24. The summed E-state index contributed by atoms with van der Waals surface area (Å²) >= 11 is 11.4. The fourth-order valence-corrected chi connectivity index (χ4v) is 2.16. The van der Waals surface area contributed by atoms with Gasteiger partial charge in [0.2, 0.25) is 0 Å². The van der Waals surface area contributed by atoms with Crippen LogP contribution in [-0.4, -0.2) is 9.55 Å². The maximum absolute atomic E-state index is 8.91. The monoisotopic (exact) mass is 263 g/mol. The van der Waals surface area contributed by atoms with E-state index in [1.54, 1.807) is 18.2 Å². The second kappa shape index (κ2) is 4.74. The molecule has 2 aromatic rings. The van der Waals surface area contributed by atoms with Crippen LogP contribution in [0.2, 0.25) is 5.02 Å². The molecule has 5 heteroatoms. The molecular weight excluding hydrogens is 254 g/mol. The highest BCUT2D eigenvalue weighted by Crippen LogP contribution is 2.23. The van der Waals surface area contributed by atoms with Crippen LogP contribution in [0.5, 0.6) is 0 Å². The Hall–Kier alpha value is -1.57. The van der Waals surface area contributed by atoms with Crippen LogP contribution in [0.1, 0.15) is 18.2 Å². The number of rotatable bonds is 2. The first-order valence-electron chi connectivity index (χ1n) is 5.16. The molecule has 0 aliphatic heterocycles. The summed E-state index contributed by atoms with van der Waals surface area (Å²) in [6.45, 7) is 2.04. The molecule has 86 valence electrons. The number of aryl methyl sites for hydroxylation is 1. The van der Waals surface area contributed by atoms with Gasteiger partial charge in [0.1, 0.15) is 0 Å². The summed E-state index contributed by atoms with van der Waals surface area (Å²) in [4.78, 5) is 2.99. The number of halogens is 1. The molecule has 1 aromatic heterocycles. The number of imidazole rings is 1. The quantitative estimate of drug-likeness (QED) is 0.841. The second-order valence-electron chi connectivity index (χ2n) is 3.55. The Morgan fingerprint density at radius 2 is 2.29 bits per heavy atom. The Kier molecular flexibility index (Phi) is 3.32. The molecule has 0 spiro atoms. The number of aromatic nitrogens is 2. The van der Waals surface area contributed by atoms with Gasteiger partial charge in [-0.15, -0.1) is 0 Å². The third-order valence-corrected chi connectivity index (χ3v) is 3.15. The number of hydrogen-bond donors (Lipinski definition) is 1. The largest absolute Gasteiger partial charge is 0.337 e. The standard InChI is InChI=1S/C12H10ClN3S/c1-2-9-7-15-12(17)16(9)11-5-8(6-14)3-4-10(11)13/h3-5,7H,2H2,1H3,(H,15,17). The highest BCUT2D eigenvalue weighted by molar-refractivity contribution is 7.71. The van der Waals surface area contributed by atoms with E-state index in [2.05, 4.69) is 11.1 Å². The molecule has 0 amide bonds. The van der Waals surface area contributed by atoms with Crippen LogP contribution >= 0.6 is 23.8 Å². The Morgan fingerprint density at radius 1 is 1.53 bits per heavy atom. The van der Waals surface area contributed by atoms with Crippen molar-refractivity contribution >= 4 is 23.8 Å². The molecule has 3 nitrogen and oxygen atoms in total. The molecule has 1 aromatic carbocycles. The van der Waals surface area contributed by atoms with Crippen LogP contribution in [0.4, 0.5) is 0 Å². The van der Waals surface area contributed by atoms with Crippen molar-refractivity contribution < 1.29 is 0 Å². The molecule has 17 heavy (non-hydrogen) atoms. The smallest absolute Gasteiger partial charge is 0.182 e. The van der Waals surface area contributed by atoms with Crippen LogP contribution < -0.4 is 0 Å². The van der Waals surface area contributed by atoms with E-state index in [4.69, 9.17) is 29.1 Å². The summed E-state index contributed by atoms with van der Waals surface area (Å²) in [5.74, 6) is 0. The molecule has 0 atom stereocenters. The first-order chi connectivity index (χ1) is 8.17. The molecule has 0 bridgehead atoms. The van der Waals surface area contributed by atoms with Crippen molar-refractivity contribution in [1.29, 1.82) is 5.26 Å². The van der Waals surface area contributed by atoms with Crippen LogP contribution in [-0.2, 0) is 6.42 Å². The van der Waals surface area contributed by atoms with Crippen molar-refractivity contribution in [1.82, 2.24) is 9.55 Å². The predicted octanol–water partition coefficient (Wildman–Crippen LogP) is 3.62. The fourth-order valence-electron chi connectivity index (χ4n) is 1.68. The Balaban J connectivity index is 2.72. The number of H-pyrrole nitrogens is 1. The molecule has 0 radical (unpaired) electrons. The van der Waals surface area contributed by atoms with E-state index in [-0.39, 0.29) is 0 Å². The average Bonchev–Trinajstić information content (AvgIpc) is 2.71. The maximum Gasteiger partial charge on any atom is 0.182 e. The van der Waals surface area contributed by atoms with Gasteiger partial charge in [0.15, 0.2) is 4.77 Å². The number of nitriles is 1. The molecular formula is C12H10ClN3S. The molecule has 2 rings (SSSR count). The van der Waals surface area contributed by atoms with E-state index in [9.17, 15) is 0 Å². The number of benzene rings is 1. The minimum absolute atomic E-state index is 0.564. The van der Waals surface area contributed by atoms with Crippen molar-refractivity contribution in [2.24, 2.45) is 0 Å². The van der Waals surface area contributed by atoms with Gasteiger partial charge in [-0.2, -0.15) is 5.26 Å². The van der Waals surface area contributed by atoms with E-state index in [0.717, 1.165) is 17.8 Å². The van der Waals surface area contributed by atoms with E-state index in [0.29, 0.717) is 15.4 Å². The Labute approximate surface area is 109 Å². The van der Waals surface area contributed by atoms with Crippen LogP contribution in [0.15, 0.2) is 24.4 Å². The fraction of sp³-hybridized carbons (Fsp3) is 0.167. The van der Waals surface area contributed by atoms with E-state index < -0.39 is 0 Å². The SMILES string of the molecule is CCc1c[nH]c(=S)n1-c1cc(C#N)ccc1Cl. The lowest BCUT2D eigenvalue weighted by atomic mass is 10.2. The highest BCUT2D eigenvalue weighted by atomic mass is 35.5. The second-order valence-corrected chi connectivity index (χ2v) is 4.35. The zero-order valence-electron chi connectivity index (χ0n) is 9.20. The van der Waals surface area contributed by atoms with Crippen LogP contribution in [0.3, 0.4) is 0 Å². The third-order valence-electron chi connectivity index (χ3n) is 2.53. The van der Waals surface area contributed by atoms with Gasteiger partial charge in [0.05, 0.1) is 22.3 Å². The molecule has 0 saturated carbocycles. The minimum Gasteiger partial charge on any atom is -0.337 e. The van der Waals surface area contributed by atoms with Crippen molar-refractivity contribution in [2.75, 3.05) is 0 Å². The van der Waals surface area contributed by atoms with Gasteiger partial charge in [-0.1, -0.05) is 18.5 Å². The lowest BCUT2D eigenvalue weighted by molar-refractivity contribution is 0.922. The number of nitrogens with zero attached hydrogens (tertiary/aromatic N) is 2. The number of aromatic amines is 1. The van der Waals surface area contributed by atoms with Gasteiger partial charge in [0.25, 0.3) is 0 Å². The predicted molar refractivity (Wildman–Crippen MR) is 70.1 cm³/mol. The van der Waals surface area contributed by atoms with Gasteiger partial charge in [0, 0.05) is 11.9 Å².